The van der Waals surface area contributed by atoms with Crippen LogP contribution in [0.25, 0.3) is 0 Å². The van der Waals surface area contributed by atoms with Crippen LogP contribution in [0.4, 0.5) is 0 Å². The number of aliphatic hydroxyl groups is 1. The van der Waals surface area contributed by atoms with E-state index in [0.717, 1.165) is 5.56 Å². The Bertz CT molecular complexity index is 451. The number of aromatic nitrogens is 2. The van der Waals surface area contributed by atoms with E-state index >= 15 is 0 Å². The molecule has 0 amide bonds. The standard InChI is InChI=1S/C11H20N2O3S/c1-4-11(14)10-7-12-13(8-10)5-6-17(15,16)9(2)3/h7-9,11,14H,4-6H2,1-3H3. The summed E-state index contributed by atoms with van der Waals surface area (Å²) < 4.78 is 24.8. The van der Waals surface area contributed by atoms with E-state index in [1.165, 1.54) is 0 Å². The zero-order valence-corrected chi connectivity index (χ0v) is 11.3. The van der Waals surface area contributed by atoms with Gasteiger partial charge in [0.05, 0.1) is 29.8 Å². The molecule has 0 aromatic carbocycles. The van der Waals surface area contributed by atoms with Crippen LogP contribution in [0.3, 0.4) is 0 Å². The minimum atomic E-state index is -3.04. The molecule has 6 heteroatoms. The lowest BCUT2D eigenvalue weighted by Gasteiger charge is -2.07. The van der Waals surface area contributed by atoms with Gasteiger partial charge in [-0.05, 0) is 20.3 Å². The van der Waals surface area contributed by atoms with Crippen LogP contribution in [0.15, 0.2) is 12.4 Å². The summed E-state index contributed by atoms with van der Waals surface area (Å²) in [5.74, 6) is 0.0774. The van der Waals surface area contributed by atoms with Crippen molar-refractivity contribution in [3.05, 3.63) is 18.0 Å². The number of sulfone groups is 1. The smallest absolute Gasteiger partial charge is 0.154 e. The van der Waals surface area contributed by atoms with E-state index in [1.54, 1.807) is 30.9 Å². The third-order valence-corrected chi connectivity index (χ3v) is 4.94. The molecule has 1 unspecified atom stereocenters. The molecule has 0 aliphatic rings. The monoisotopic (exact) mass is 260 g/mol. The van der Waals surface area contributed by atoms with Crippen molar-refractivity contribution in [2.75, 3.05) is 5.75 Å². The highest BCUT2D eigenvalue weighted by Gasteiger charge is 2.16. The number of nitrogens with zero attached hydrogens (tertiary/aromatic N) is 2. The normalized spacial score (nSPS) is 14.2. The van der Waals surface area contributed by atoms with Crippen LogP contribution in [-0.2, 0) is 16.4 Å². The van der Waals surface area contributed by atoms with Gasteiger partial charge in [0.2, 0.25) is 0 Å². The fourth-order valence-corrected chi connectivity index (χ4v) is 2.28. The van der Waals surface area contributed by atoms with Gasteiger partial charge in [-0.15, -0.1) is 0 Å². The van der Waals surface area contributed by atoms with Crippen LogP contribution in [0, 0.1) is 0 Å². The molecule has 98 valence electrons. The molecule has 1 N–H and O–H groups in total. The molecule has 1 aromatic heterocycles. The Hall–Kier alpha value is -0.880. The van der Waals surface area contributed by atoms with E-state index in [1.807, 2.05) is 6.92 Å². The van der Waals surface area contributed by atoms with Crippen molar-refractivity contribution in [2.24, 2.45) is 0 Å². The molecule has 1 atom stereocenters. The van der Waals surface area contributed by atoms with Crippen molar-refractivity contribution >= 4 is 9.84 Å². The van der Waals surface area contributed by atoms with Crippen molar-refractivity contribution in [1.82, 2.24) is 9.78 Å². The quantitative estimate of drug-likeness (QED) is 0.832. The highest BCUT2D eigenvalue weighted by atomic mass is 32.2. The van der Waals surface area contributed by atoms with Gasteiger partial charge < -0.3 is 5.11 Å². The molecule has 0 radical (unpaired) electrons. The van der Waals surface area contributed by atoms with Crippen molar-refractivity contribution in [2.45, 2.75) is 45.1 Å². The van der Waals surface area contributed by atoms with Crippen LogP contribution in [-0.4, -0.2) is 34.3 Å². The second kappa shape index (κ2) is 5.64. The van der Waals surface area contributed by atoms with Crippen LogP contribution < -0.4 is 0 Å². The SMILES string of the molecule is CCC(O)c1cnn(CCS(=O)(=O)C(C)C)c1. The van der Waals surface area contributed by atoms with E-state index in [0.29, 0.717) is 13.0 Å². The van der Waals surface area contributed by atoms with Crippen LogP contribution >= 0.6 is 0 Å². The fourth-order valence-electron chi connectivity index (χ4n) is 1.37. The van der Waals surface area contributed by atoms with Gasteiger partial charge in [-0.25, -0.2) is 8.42 Å². The minimum Gasteiger partial charge on any atom is -0.388 e. The number of rotatable bonds is 6. The summed E-state index contributed by atoms with van der Waals surface area (Å²) in [6, 6.07) is 0. The summed E-state index contributed by atoms with van der Waals surface area (Å²) in [6.45, 7) is 5.55. The molecule has 0 spiro atoms. The topological polar surface area (TPSA) is 72.2 Å². The Labute approximate surface area is 102 Å². The minimum absolute atomic E-state index is 0.0774. The van der Waals surface area contributed by atoms with E-state index < -0.39 is 15.9 Å². The Balaban J connectivity index is 2.62. The van der Waals surface area contributed by atoms with Gasteiger partial charge in [-0.3, -0.25) is 4.68 Å². The Kier molecular flexibility index (Phi) is 4.70. The van der Waals surface area contributed by atoms with Crippen LogP contribution in [0.1, 0.15) is 38.9 Å². The Morgan fingerprint density at radius 3 is 2.65 bits per heavy atom. The van der Waals surface area contributed by atoms with Gasteiger partial charge >= 0.3 is 0 Å². The zero-order chi connectivity index (χ0) is 13.1. The van der Waals surface area contributed by atoms with E-state index in [2.05, 4.69) is 5.10 Å². The molecular formula is C11H20N2O3S. The van der Waals surface area contributed by atoms with Gasteiger partial charge in [-0.2, -0.15) is 5.10 Å². The van der Waals surface area contributed by atoms with Crippen molar-refractivity contribution in [3.63, 3.8) is 0 Å². The highest BCUT2D eigenvalue weighted by Crippen LogP contribution is 2.14. The molecule has 1 rings (SSSR count). The molecule has 5 nitrogen and oxygen atoms in total. The molecule has 1 heterocycles. The van der Waals surface area contributed by atoms with Crippen molar-refractivity contribution < 1.29 is 13.5 Å². The first-order chi connectivity index (χ1) is 7.86. The fraction of sp³-hybridized carbons (Fsp3) is 0.727. The number of hydrogen-bond donors (Lipinski definition) is 1. The molecule has 0 saturated carbocycles. The lowest BCUT2D eigenvalue weighted by Crippen LogP contribution is -2.21. The molecule has 17 heavy (non-hydrogen) atoms. The predicted octanol–water partition coefficient (Wildman–Crippen LogP) is 1.15. The average Bonchev–Trinajstić information content (AvgIpc) is 2.74. The highest BCUT2D eigenvalue weighted by molar-refractivity contribution is 7.91. The number of aryl methyl sites for hydroxylation is 1. The third kappa shape index (κ3) is 3.81. The van der Waals surface area contributed by atoms with Crippen LogP contribution in [0.2, 0.25) is 0 Å². The summed E-state index contributed by atoms with van der Waals surface area (Å²) in [7, 11) is -3.04. The molecule has 1 aromatic rings. The molecule has 0 fully saturated rings. The maximum absolute atomic E-state index is 11.6. The second-order valence-corrected chi connectivity index (χ2v) is 7.05. The molecule has 0 bridgehead atoms. The number of aliphatic hydroxyl groups excluding tert-OH is 1. The van der Waals surface area contributed by atoms with E-state index in [-0.39, 0.29) is 11.0 Å². The van der Waals surface area contributed by atoms with Crippen molar-refractivity contribution in [3.8, 4) is 0 Å². The lowest BCUT2D eigenvalue weighted by atomic mass is 10.2. The third-order valence-electron chi connectivity index (χ3n) is 2.75. The first-order valence-corrected chi connectivity index (χ1v) is 7.50. The lowest BCUT2D eigenvalue weighted by molar-refractivity contribution is 0.173. The largest absolute Gasteiger partial charge is 0.388 e. The maximum atomic E-state index is 11.6. The van der Waals surface area contributed by atoms with Gasteiger partial charge in [-0.1, -0.05) is 6.92 Å². The van der Waals surface area contributed by atoms with Crippen molar-refractivity contribution in [1.29, 1.82) is 0 Å². The summed E-state index contributed by atoms with van der Waals surface area (Å²) >= 11 is 0. The zero-order valence-electron chi connectivity index (χ0n) is 10.5. The maximum Gasteiger partial charge on any atom is 0.154 e. The van der Waals surface area contributed by atoms with Gasteiger partial charge in [0.1, 0.15) is 0 Å². The van der Waals surface area contributed by atoms with Crippen LogP contribution in [0.5, 0.6) is 0 Å². The Morgan fingerprint density at radius 2 is 2.12 bits per heavy atom. The summed E-state index contributed by atoms with van der Waals surface area (Å²) in [5, 5.41) is 13.3. The summed E-state index contributed by atoms with van der Waals surface area (Å²) in [6.07, 6.45) is 3.38. The predicted molar refractivity (Wildman–Crippen MR) is 66.4 cm³/mol. The van der Waals surface area contributed by atoms with Gasteiger partial charge in [0, 0.05) is 11.8 Å². The second-order valence-electron chi connectivity index (χ2n) is 4.38. The Morgan fingerprint density at radius 1 is 1.47 bits per heavy atom. The summed E-state index contributed by atoms with van der Waals surface area (Å²) in [5.41, 5.74) is 0.731. The molecule has 0 aliphatic carbocycles. The molecular weight excluding hydrogens is 240 g/mol. The molecule has 0 saturated heterocycles. The van der Waals surface area contributed by atoms with Gasteiger partial charge in [0.25, 0.3) is 0 Å². The average molecular weight is 260 g/mol. The van der Waals surface area contributed by atoms with E-state index in [4.69, 9.17) is 0 Å². The first kappa shape index (κ1) is 14.2. The first-order valence-electron chi connectivity index (χ1n) is 5.78. The molecule has 0 aliphatic heterocycles. The van der Waals surface area contributed by atoms with E-state index in [9.17, 15) is 13.5 Å². The van der Waals surface area contributed by atoms with Gasteiger partial charge in [0.15, 0.2) is 9.84 Å². The summed E-state index contributed by atoms with van der Waals surface area (Å²) in [4.78, 5) is 0. The number of hydrogen-bond acceptors (Lipinski definition) is 4.